The highest BCUT2D eigenvalue weighted by molar-refractivity contribution is 5.67. The van der Waals surface area contributed by atoms with Gasteiger partial charge in [-0.25, -0.2) is 4.79 Å². The summed E-state index contributed by atoms with van der Waals surface area (Å²) >= 11 is 0. The van der Waals surface area contributed by atoms with Crippen LogP contribution < -0.4 is 0 Å². The van der Waals surface area contributed by atoms with Crippen LogP contribution in [0.5, 0.6) is 0 Å². The van der Waals surface area contributed by atoms with Gasteiger partial charge < -0.3 is 9.64 Å². The molecule has 4 heteroatoms. The third-order valence-electron chi connectivity index (χ3n) is 4.02. The van der Waals surface area contributed by atoms with E-state index in [2.05, 4.69) is 11.8 Å². The van der Waals surface area contributed by atoms with Gasteiger partial charge in [0.2, 0.25) is 0 Å². The highest BCUT2D eigenvalue weighted by atomic mass is 16.6. The van der Waals surface area contributed by atoms with E-state index in [1.165, 1.54) is 19.3 Å². The number of ether oxygens (including phenoxy) is 1. The molecule has 2 aliphatic rings. The van der Waals surface area contributed by atoms with Crippen LogP contribution in [-0.2, 0) is 4.74 Å². The predicted octanol–water partition coefficient (Wildman–Crippen LogP) is 1.95. The highest BCUT2D eigenvalue weighted by Crippen LogP contribution is 2.29. The highest BCUT2D eigenvalue weighted by Gasteiger charge is 2.30. The summed E-state index contributed by atoms with van der Waals surface area (Å²) < 4.78 is 5.03. The molecule has 0 aromatic carbocycles. The number of hydrogen-bond acceptors (Lipinski definition) is 3. The summed E-state index contributed by atoms with van der Waals surface area (Å²) in [4.78, 5) is 15.9. The standard InChI is InChI=1S/C13H24N2O2/c1-3-17-13(16)15-8-6-14(7-9-15)12-5-4-11(2)10-12/h11-12H,3-10H2,1-2H3/t11-,12-/m1/s1. The van der Waals surface area contributed by atoms with E-state index in [4.69, 9.17) is 4.74 Å². The zero-order chi connectivity index (χ0) is 12.3. The van der Waals surface area contributed by atoms with Crippen LogP contribution in [0.3, 0.4) is 0 Å². The van der Waals surface area contributed by atoms with Crippen molar-refractivity contribution in [1.82, 2.24) is 9.80 Å². The molecule has 2 atom stereocenters. The average molecular weight is 240 g/mol. The minimum atomic E-state index is -0.146. The molecule has 0 bridgehead atoms. The molecule has 0 N–H and O–H groups in total. The third kappa shape index (κ3) is 3.12. The van der Waals surface area contributed by atoms with E-state index in [1.807, 2.05) is 11.8 Å². The first-order chi connectivity index (χ1) is 8.20. The van der Waals surface area contributed by atoms with E-state index < -0.39 is 0 Å². The van der Waals surface area contributed by atoms with Crippen molar-refractivity contribution in [3.63, 3.8) is 0 Å². The van der Waals surface area contributed by atoms with Crippen LogP contribution in [0.1, 0.15) is 33.1 Å². The Labute approximate surface area is 104 Å². The van der Waals surface area contributed by atoms with Crippen molar-refractivity contribution in [3.8, 4) is 0 Å². The van der Waals surface area contributed by atoms with Crippen molar-refractivity contribution in [1.29, 1.82) is 0 Å². The molecule has 1 aliphatic carbocycles. The lowest BCUT2D eigenvalue weighted by atomic mass is 10.1. The maximum atomic E-state index is 11.6. The maximum Gasteiger partial charge on any atom is 0.409 e. The van der Waals surface area contributed by atoms with Gasteiger partial charge in [-0.15, -0.1) is 0 Å². The van der Waals surface area contributed by atoms with E-state index in [0.29, 0.717) is 6.61 Å². The summed E-state index contributed by atoms with van der Waals surface area (Å²) in [6.07, 6.45) is 3.88. The van der Waals surface area contributed by atoms with Crippen molar-refractivity contribution in [2.75, 3.05) is 32.8 Å². The van der Waals surface area contributed by atoms with Crippen LogP contribution in [0.25, 0.3) is 0 Å². The number of carbonyl (C=O) groups is 1. The molecule has 98 valence electrons. The fourth-order valence-corrected chi connectivity index (χ4v) is 2.99. The predicted molar refractivity (Wildman–Crippen MR) is 67.0 cm³/mol. The molecule has 1 amide bonds. The quantitative estimate of drug-likeness (QED) is 0.739. The minimum Gasteiger partial charge on any atom is -0.450 e. The molecule has 1 saturated heterocycles. The fraction of sp³-hybridized carbons (Fsp3) is 0.923. The molecule has 0 radical (unpaired) electrons. The Morgan fingerprint density at radius 2 is 1.94 bits per heavy atom. The fourth-order valence-electron chi connectivity index (χ4n) is 2.99. The van der Waals surface area contributed by atoms with Gasteiger partial charge in [0, 0.05) is 32.2 Å². The summed E-state index contributed by atoms with van der Waals surface area (Å²) in [7, 11) is 0. The van der Waals surface area contributed by atoms with Gasteiger partial charge in [0.05, 0.1) is 6.61 Å². The molecule has 4 nitrogen and oxygen atoms in total. The lowest BCUT2D eigenvalue weighted by Gasteiger charge is -2.37. The van der Waals surface area contributed by atoms with Crippen LogP contribution >= 0.6 is 0 Å². The molecule has 1 saturated carbocycles. The number of carbonyl (C=O) groups excluding carboxylic acids is 1. The zero-order valence-corrected chi connectivity index (χ0v) is 11.0. The minimum absolute atomic E-state index is 0.146. The first-order valence-electron chi connectivity index (χ1n) is 6.86. The van der Waals surface area contributed by atoms with E-state index >= 15 is 0 Å². The summed E-state index contributed by atoms with van der Waals surface area (Å²) in [6, 6.07) is 0.759. The molecule has 1 aliphatic heterocycles. The average Bonchev–Trinajstić information content (AvgIpc) is 2.76. The van der Waals surface area contributed by atoms with Gasteiger partial charge >= 0.3 is 6.09 Å². The molecular formula is C13H24N2O2. The molecular weight excluding hydrogens is 216 g/mol. The van der Waals surface area contributed by atoms with Crippen molar-refractivity contribution < 1.29 is 9.53 Å². The monoisotopic (exact) mass is 240 g/mol. The molecule has 0 aromatic heterocycles. The molecule has 1 heterocycles. The van der Waals surface area contributed by atoms with Gasteiger partial charge in [0.15, 0.2) is 0 Å². The number of hydrogen-bond donors (Lipinski definition) is 0. The maximum absolute atomic E-state index is 11.6. The van der Waals surface area contributed by atoms with Crippen LogP contribution in [0, 0.1) is 5.92 Å². The smallest absolute Gasteiger partial charge is 0.409 e. The first-order valence-corrected chi connectivity index (χ1v) is 6.86. The third-order valence-corrected chi connectivity index (χ3v) is 4.02. The van der Waals surface area contributed by atoms with E-state index in [1.54, 1.807) is 0 Å². The SMILES string of the molecule is CCOC(=O)N1CCN([C@@H]2CC[C@@H](C)C2)CC1. The molecule has 0 unspecified atom stereocenters. The zero-order valence-electron chi connectivity index (χ0n) is 11.0. The Morgan fingerprint density at radius 1 is 1.24 bits per heavy atom. The second-order valence-corrected chi connectivity index (χ2v) is 5.29. The number of piperazine rings is 1. The summed E-state index contributed by atoms with van der Waals surface area (Å²) in [5, 5.41) is 0. The number of nitrogens with zero attached hydrogens (tertiary/aromatic N) is 2. The molecule has 17 heavy (non-hydrogen) atoms. The van der Waals surface area contributed by atoms with E-state index in [-0.39, 0.29) is 6.09 Å². The first kappa shape index (κ1) is 12.7. The Morgan fingerprint density at radius 3 is 2.47 bits per heavy atom. The molecule has 0 spiro atoms. The second-order valence-electron chi connectivity index (χ2n) is 5.29. The lowest BCUT2D eigenvalue weighted by Crippen LogP contribution is -2.51. The normalized spacial score (nSPS) is 30.6. The van der Waals surface area contributed by atoms with Crippen molar-refractivity contribution in [2.45, 2.75) is 39.2 Å². The van der Waals surface area contributed by atoms with Gasteiger partial charge in [-0.05, 0) is 32.1 Å². The molecule has 0 aromatic rings. The second kappa shape index (κ2) is 5.71. The topological polar surface area (TPSA) is 32.8 Å². The van der Waals surface area contributed by atoms with E-state index in [9.17, 15) is 4.79 Å². The summed E-state index contributed by atoms with van der Waals surface area (Å²) in [5.74, 6) is 0.878. The summed E-state index contributed by atoms with van der Waals surface area (Å²) in [5.41, 5.74) is 0. The van der Waals surface area contributed by atoms with Gasteiger partial charge in [-0.3, -0.25) is 4.90 Å². The van der Waals surface area contributed by atoms with Gasteiger partial charge in [0.1, 0.15) is 0 Å². The van der Waals surface area contributed by atoms with Crippen LogP contribution in [-0.4, -0.2) is 54.7 Å². The Kier molecular flexibility index (Phi) is 4.26. The van der Waals surface area contributed by atoms with Crippen LogP contribution in [0.2, 0.25) is 0 Å². The van der Waals surface area contributed by atoms with Crippen molar-refractivity contribution in [2.24, 2.45) is 5.92 Å². The Balaban J connectivity index is 1.76. The molecule has 2 rings (SSSR count). The number of amides is 1. The van der Waals surface area contributed by atoms with Crippen molar-refractivity contribution in [3.05, 3.63) is 0 Å². The largest absolute Gasteiger partial charge is 0.450 e. The van der Waals surface area contributed by atoms with Crippen molar-refractivity contribution >= 4 is 6.09 Å². The summed E-state index contributed by atoms with van der Waals surface area (Å²) in [6.45, 7) is 8.34. The van der Waals surface area contributed by atoms with Crippen LogP contribution in [0.15, 0.2) is 0 Å². The van der Waals surface area contributed by atoms with Gasteiger partial charge in [0.25, 0.3) is 0 Å². The Hall–Kier alpha value is -0.770. The lowest BCUT2D eigenvalue weighted by molar-refractivity contribution is 0.0663. The molecule has 2 fully saturated rings. The Bertz CT molecular complexity index is 262. The number of rotatable bonds is 2. The van der Waals surface area contributed by atoms with Gasteiger partial charge in [-0.2, -0.15) is 0 Å². The van der Waals surface area contributed by atoms with Crippen LogP contribution in [0.4, 0.5) is 4.79 Å². The van der Waals surface area contributed by atoms with Gasteiger partial charge in [-0.1, -0.05) is 6.92 Å². The van der Waals surface area contributed by atoms with E-state index in [0.717, 1.165) is 38.1 Å².